The number of aromatic nitrogens is 2. The van der Waals surface area contributed by atoms with Crippen LogP contribution in [0.1, 0.15) is 6.92 Å². The van der Waals surface area contributed by atoms with Crippen LogP contribution < -0.4 is 5.56 Å². The smallest absolute Gasteiger partial charge is 0.267 e. The standard InChI is InChI=1S/C8H10Br2N2O/c1-6(2-9)4-12-5-11-3-7(10)8(12)13/h3,5-6H,2,4H2,1H3. The molecule has 0 aliphatic rings. The molecule has 5 heteroatoms. The molecule has 1 aromatic heterocycles. The van der Waals surface area contributed by atoms with Crippen LogP contribution in [0.5, 0.6) is 0 Å². The van der Waals surface area contributed by atoms with Crippen molar-refractivity contribution >= 4 is 31.9 Å². The Morgan fingerprint density at radius 1 is 1.69 bits per heavy atom. The molecule has 0 aliphatic carbocycles. The molecule has 1 rings (SSSR count). The number of halogens is 2. The van der Waals surface area contributed by atoms with Gasteiger partial charge in [-0.05, 0) is 21.8 Å². The van der Waals surface area contributed by atoms with Crippen molar-refractivity contribution in [2.75, 3.05) is 5.33 Å². The first-order chi connectivity index (χ1) is 6.15. The molecule has 3 nitrogen and oxygen atoms in total. The van der Waals surface area contributed by atoms with E-state index in [0.29, 0.717) is 16.9 Å². The molecular formula is C8H10Br2N2O. The van der Waals surface area contributed by atoms with Crippen LogP contribution in [-0.2, 0) is 6.54 Å². The van der Waals surface area contributed by atoms with E-state index in [9.17, 15) is 4.79 Å². The maximum Gasteiger partial charge on any atom is 0.267 e. The van der Waals surface area contributed by atoms with Gasteiger partial charge in [0.25, 0.3) is 5.56 Å². The molecule has 0 saturated carbocycles. The zero-order chi connectivity index (χ0) is 9.84. The van der Waals surface area contributed by atoms with Crippen molar-refractivity contribution in [1.29, 1.82) is 0 Å². The second-order valence-electron chi connectivity index (χ2n) is 2.96. The molecule has 1 aromatic rings. The summed E-state index contributed by atoms with van der Waals surface area (Å²) in [5.74, 6) is 0.425. The van der Waals surface area contributed by atoms with Crippen LogP contribution in [0.4, 0.5) is 0 Å². The van der Waals surface area contributed by atoms with E-state index in [1.165, 1.54) is 6.20 Å². The van der Waals surface area contributed by atoms with Gasteiger partial charge in [0.2, 0.25) is 0 Å². The number of hydrogen-bond donors (Lipinski definition) is 0. The molecular weight excluding hydrogens is 300 g/mol. The minimum atomic E-state index is -0.0252. The van der Waals surface area contributed by atoms with Gasteiger partial charge in [-0.15, -0.1) is 0 Å². The topological polar surface area (TPSA) is 34.9 Å². The van der Waals surface area contributed by atoms with E-state index in [1.807, 2.05) is 0 Å². The normalized spacial score (nSPS) is 12.8. The van der Waals surface area contributed by atoms with E-state index in [4.69, 9.17) is 0 Å². The second kappa shape index (κ2) is 4.91. The van der Waals surface area contributed by atoms with Crippen LogP contribution in [0.15, 0.2) is 21.8 Å². The molecule has 1 heterocycles. The molecule has 1 atom stereocenters. The maximum absolute atomic E-state index is 11.5. The average Bonchev–Trinajstić information content (AvgIpc) is 2.13. The lowest BCUT2D eigenvalue weighted by molar-refractivity contribution is 0.513. The SMILES string of the molecule is CC(CBr)Cn1cncc(Br)c1=O. The molecule has 0 radical (unpaired) electrons. The Kier molecular flexibility index (Phi) is 4.12. The van der Waals surface area contributed by atoms with Gasteiger partial charge in [0.05, 0.1) is 6.33 Å². The Labute approximate surface area is 93.4 Å². The van der Waals surface area contributed by atoms with E-state index >= 15 is 0 Å². The van der Waals surface area contributed by atoms with Gasteiger partial charge in [0.1, 0.15) is 4.47 Å². The molecule has 0 spiro atoms. The van der Waals surface area contributed by atoms with E-state index in [0.717, 1.165) is 5.33 Å². The van der Waals surface area contributed by atoms with Crippen LogP contribution >= 0.6 is 31.9 Å². The summed E-state index contributed by atoms with van der Waals surface area (Å²) in [6.07, 6.45) is 3.07. The lowest BCUT2D eigenvalue weighted by Crippen LogP contribution is -2.24. The lowest BCUT2D eigenvalue weighted by atomic mass is 10.2. The molecule has 0 bridgehead atoms. The first-order valence-corrected chi connectivity index (χ1v) is 5.82. The third kappa shape index (κ3) is 2.91. The summed E-state index contributed by atoms with van der Waals surface area (Å²) in [5.41, 5.74) is -0.0252. The van der Waals surface area contributed by atoms with Gasteiger partial charge in [0, 0.05) is 18.1 Å². The fourth-order valence-corrected chi connectivity index (χ4v) is 1.49. The van der Waals surface area contributed by atoms with Gasteiger partial charge >= 0.3 is 0 Å². The largest absolute Gasteiger partial charge is 0.298 e. The van der Waals surface area contributed by atoms with Gasteiger partial charge in [-0.2, -0.15) is 0 Å². The second-order valence-corrected chi connectivity index (χ2v) is 4.46. The monoisotopic (exact) mass is 308 g/mol. The molecule has 0 N–H and O–H groups in total. The highest BCUT2D eigenvalue weighted by molar-refractivity contribution is 9.10. The van der Waals surface area contributed by atoms with Crippen molar-refractivity contribution in [3.63, 3.8) is 0 Å². The Morgan fingerprint density at radius 3 is 3.00 bits per heavy atom. The summed E-state index contributed by atoms with van der Waals surface area (Å²) in [7, 11) is 0. The Balaban J connectivity index is 2.89. The predicted molar refractivity (Wildman–Crippen MR) is 59.2 cm³/mol. The summed E-state index contributed by atoms with van der Waals surface area (Å²) in [6, 6.07) is 0. The van der Waals surface area contributed by atoms with Gasteiger partial charge in [-0.25, -0.2) is 4.98 Å². The number of hydrogen-bond acceptors (Lipinski definition) is 2. The molecule has 0 fully saturated rings. The zero-order valence-corrected chi connectivity index (χ0v) is 10.4. The molecule has 0 aromatic carbocycles. The summed E-state index contributed by atoms with van der Waals surface area (Å²) in [6.45, 7) is 2.76. The van der Waals surface area contributed by atoms with Crippen LogP contribution in [0.3, 0.4) is 0 Å². The first-order valence-electron chi connectivity index (χ1n) is 3.91. The third-order valence-corrected chi connectivity index (χ3v) is 3.28. The van der Waals surface area contributed by atoms with Crippen LogP contribution in [0, 0.1) is 5.92 Å². The summed E-state index contributed by atoms with van der Waals surface area (Å²) >= 11 is 6.52. The molecule has 72 valence electrons. The third-order valence-electron chi connectivity index (χ3n) is 1.63. The fraction of sp³-hybridized carbons (Fsp3) is 0.500. The summed E-state index contributed by atoms with van der Waals surface area (Å²) < 4.78 is 2.12. The van der Waals surface area contributed by atoms with Gasteiger partial charge in [0.15, 0.2) is 0 Å². The van der Waals surface area contributed by atoms with Crippen molar-refractivity contribution in [3.8, 4) is 0 Å². The van der Waals surface area contributed by atoms with E-state index in [2.05, 4.69) is 43.8 Å². The van der Waals surface area contributed by atoms with Crippen molar-refractivity contribution in [1.82, 2.24) is 9.55 Å². The average molecular weight is 310 g/mol. The zero-order valence-electron chi connectivity index (χ0n) is 7.20. The highest BCUT2D eigenvalue weighted by Crippen LogP contribution is 2.04. The van der Waals surface area contributed by atoms with Gasteiger partial charge in [-0.1, -0.05) is 22.9 Å². The summed E-state index contributed by atoms with van der Waals surface area (Å²) in [4.78, 5) is 15.4. The van der Waals surface area contributed by atoms with Gasteiger partial charge in [-0.3, -0.25) is 9.36 Å². The van der Waals surface area contributed by atoms with E-state index in [1.54, 1.807) is 10.9 Å². The van der Waals surface area contributed by atoms with Crippen molar-refractivity contribution in [2.45, 2.75) is 13.5 Å². The van der Waals surface area contributed by atoms with E-state index in [-0.39, 0.29) is 5.56 Å². The van der Waals surface area contributed by atoms with Crippen molar-refractivity contribution in [3.05, 3.63) is 27.4 Å². The minimum Gasteiger partial charge on any atom is -0.298 e. The predicted octanol–water partition coefficient (Wildman–Crippen LogP) is 2.04. The number of rotatable bonds is 3. The minimum absolute atomic E-state index is 0.0252. The van der Waals surface area contributed by atoms with Crippen molar-refractivity contribution in [2.24, 2.45) is 5.92 Å². The Bertz CT molecular complexity index is 337. The van der Waals surface area contributed by atoms with Gasteiger partial charge < -0.3 is 0 Å². The molecule has 13 heavy (non-hydrogen) atoms. The van der Waals surface area contributed by atoms with Crippen LogP contribution in [0.2, 0.25) is 0 Å². The van der Waals surface area contributed by atoms with Crippen LogP contribution in [-0.4, -0.2) is 14.9 Å². The Hall–Kier alpha value is -0.160. The summed E-state index contributed by atoms with van der Waals surface area (Å²) in [5, 5.41) is 0.881. The molecule has 1 unspecified atom stereocenters. The lowest BCUT2D eigenvalue weighted by Gasteiger charge is -2.09. The quantitative estimate of drug-likeness (QED) is 0.801. The fourth-order valence-electron chi connectivity index (χ4n) is 0.939. The highest BCUT2D eigenvalue weighted by atomic mass is 79.9. The molecule has 0 saturated heterocycles. The maximum atomic E-state index is 11.5. The number of nitrogens with zero attached hydrogens (tertiary/aromatic N) is 2. The first kappa shape index (κ1) is 10.9. The van der Waals surface area contributed by atoms with Crippen LogP contribution in [0.25, 0.3) is 0 Å². The van der Waals surface area contributed by atoms with Crippen molar-refractivity contribution < 1.29 is 0 Å². The molecule has 0 aliphatic heterocycles. The molecule has 0 amide bonds. The number of alkyl halides is 1. The Morgan fingerprint density at radius 2 is 2.38 bits per heavy atom. The van der Waals surface area contributed by atoms with E-state index < -0.39 is 0 Å². The highest BCUT2D eigenvalue weighted by Gasteiger charge is 2.04.